The summed E-state index contributed by atoms with van der Waals surface area (Å²) in [7, 11) is 1.57. The van der Waals surface area contributed by atoms with Crippen molar-refractivity contribution in [2.75, 3.05) is 26.9 Å². The Kier molecular flexibility index (Phi) is 6.97. The molecule has 0 bridgehead atoms. The van der Waals surface area contributed by atoms with E-state index in [1.165, 1.54) is 12.1 Å². The summed E-state index contributed by atoms with van der Waals surface area (Å²) in [5, 5.41) is 2.99. The summed E-state index contributed by atoms with van der Waals surface area (Å²) < 4.78 is 23.9. The lowest BCUT2D eigenvalue weighted by Gasteiger charge is -2.18. The highest BCUT2D eigenvalue weighted by molar-refractivity contribution is 9.10. The lowest BCUT2D eigenvalue weighted by Crippen LogP contribution is -2.32. The summed E-state index contributed by atoms with van der Waals surface area (Å²) in [5.74, 6) is -0.842. The maximum atomic E-state index is 13.3. The number of halogens is 2. The van der Waals surface area contributed by atoms with Crippen LogP contribution in [0.15, 0.2) is 22.7 Å². The quantitative estimate of drug-likeness (QED) is 0.615. The number of hydrogen-bond donors (Lipinski definition) is 1. The van der Waals surface area contributed by atoms with Gasteiger partial charge in [-0.05, 0) is 30.7 Å². The molecular weight excluding hydrogens is 317 g/mol. The van der Waals surface area contributed by atoms with Crippen molar-refractivity contribution in [3.05, 3.63) is 34.1 Å². The highest BCUT2D eigenvalue weighted by atomic mass is 79.9. The largest absolute Gasteiger partial charge is 0.465 e. The van der Waals surface area contributed by atoms with Gasteiger partial charge in [-0.2, -0.15) is 0 Å². The van der Waals surface area contributed by atoms with E-state index in [0.29, 0.717) is 23.2 Å². The Labute approximate surface area is 120 Å². The Morgan fingerprint density at radius 2 is 2.26 bits per heavy atom. The number of carbonyl (C=O) groups excluding carboxylic acids is 1. The number of esters is 1. The molecule has 0 aliphatic rings. The molecule has 1 atom stereocenters. The highest BCUT2D eigenvalue weighted by Crippen LogP contribution is 2.25. The molecule has 1 N–H and O–H groups in total. The van der Waals surface area contributed by atoms with E-state index in [9.17, 15) is 9.18 Å². The molecule has 6 heteroatoms. The molecule has 4 nitrogen and oxygen atoms in total. The Balaban J connectivity index is 2.93. The molecule has 0 saturated heterocycles. The van der Waals surface area contributed by atoms with Crippen molar-refractivity contribution < 1.29 is 18.7 Å². The van der Waals surface area contributed by atoms with Crippen LogP contribution in [0.5, 0.6) is 0 Å². The van der Waals surface area contributed by atoms with E-state index in [2.05, 4.69) is 21.2 Å². The number of ether oxygens (including phenoxy) is 2. The minimum absolute atomic E-state index is 0.272. The first kappa shape index (κ1) is 16.1. The zero-order valence-electron chi connectivity index (χ0n) is 10.9. The van der Waals surface area contributed by atoms with Crippen LogP contribution in [0.4, 0.5) is 4.39 Å². The standard InChI is InChI=1S/C13H17BrFNO3/c1-3-19-13(17)12(16-6-7-18-2)10-8-9(15)4-5-11(10)14/h4-5,8,12,16H,3,6-7H2,1-2H3. The number of hydrogen-bond acceptors (Lipinski definition) is 4. The first-order valence-electron chi connectivity index (χ1n) is 5.94. The summed E-state index contributed by atoms with van der Waals surface area (Å²) in [6.45, 7) is 2.91. The lowest BCUT2D eigenvalue weighted by atomic mass is 10.1. The second-order valence-corrected chi connectivity index (χ2v) is 4.65. The van der Waals surface area contributed by atoms with Crippen LogP contribution in [0, 0.1) is 5.82 Å². The van der Waals surface area contributed by atoms with Crippen LogP contribution in [0.3, 0.4) is 0 Å². The SMILES string of the molecule is CCOC(=O)C(NCCOC)c1cc(F)ccc1Br. The second-order valence-electron chi connectivity index (χ2n) is 3.80. The number of benzene rings is 1. The van der Waals surface area contributed by atoms with Crippen LogP contribution < -0.4 is 5.32 Å². The van der Waals surface area contributed by atoms with Gasteiger partial charge < -0.3 is 9.47 Å². The monoisotopic (exact) mass is 333 g/mol. The van der Waals surface area contributed by atoms with Crippen molar-refractivity contribution in [3.63, 3.8) is 0 Å². The molecule has 0 heterocycles. The van der Waals surface area contributed by atoms with Crippen molar-refractivity contribution in [1.82, 2.24) is 5.32 Å². The van der Waals surface area contributed by atoms with Gasteiger partial charge >= 0.3 is 5.97 Å². The summed E-state index contributed by atoms with van der Waals surface area (Å²) >= 11 is 3.31. The van der Waals surface area contributed by atoms with E-state index in [1.54, 1.807) is 20.1 Å². The molecule has 0 radical (unpaired) electrons. The fraction of sp³-hybridized carbons (Fsp3) is 0.462. The van der Waals surface area contributed by atoms with Gasteiger partial charge in [-0.25, -0.2) is 9.18 Å². The highest BCUT2D eigenvalue weighted by Gasteiger charge is 2.23. The number of rotatable bonds is 7. The summed E-state index contributed by atoms with van der Waals surface area (Å²) in [6.07, 6.45) is 0. The van der Waals surface area contributed by atoms with E-state index < -0.39 is 17.8 Å². The maximum Gasteiger partial charge on any atom is 0.327 e. The fourth-order valence-electron chi connectivity index (χ4n) is 1.59. The first-order valence-corrected chi connectivity index (χ1v) is 6.73. The van der Waals surface area contributed by atoms with Gasteiger partial charge in [0.2, 0.25) is 0 Å². The van der Waals surface area contributed by atoms with Crippen molar-refractivity contribution in [2.45, 2.75) is 13.0 Å². The predicted molar refractivity (Wildman–Crippen MR) is 73.4 cm³/mol. The first-order chi connectivity index (χ1) is 9.10. The average molecular weight is 334 g/mol. The van der Waals surface area contributed by atoms with E-state index in [0.717, 1.165) is 0 Å². The van der Waals surface area contributed by atoms with Crippen molar-refractivity contribution in [1.29, 1.82) is 0 Å². The molecule has 1 rings (SSSR count). The Hall–Kier alpha value is -0.980. The number of methoxy groups -OCH3 is 1. The molecule has 0 aliphatic heterocycles. The van der Waals surface area contributed by atoms with Gasteiger partial charge in [0, 0.05) is 18.1 Å². The van der Waals surface area contributed by atoms with Gasteiger partial charge in [0.05, 0.1) is 13.2 Å². The topological polar surface area (TPSA) is 47.6 Å². The van der Waals surface area contributed by atoms with Gasteiger partial charge in [-0.15, -0.1) is 0 Å². The van der Waals surface area contributed by atoms with Gasteiger partial charge in [-0.1, -0.05) is 15.9 Å². The third kappa shape index (κ3) is 4.89. The molecule has 106 valence electrons. The minimum atomic E-state index is -0.722. The molecule has 0 spiro atoms. The molecule has 1 aromatic rings. The zero-order valence-corrected chi connectivity index (χ0v) is 12.5. The Bertz CT molecular complexity index is 428. The number of carbonyl (C=O) groups is 1. The average Bonchev–Trinajstić information content (AvgIpc) is 2.38. The van der Waals surface area contributed by atoms with E-state index in [4.69, 9.17) is 9.47 Å². The van der Waals surface area contributed by atoms with Crippen LogP contribution in [0.1, 0.15) is 18.5 Å². The molecule has 0 aliphatic carbocycles. The molecule has 0 fully saturated rings. The normalized spacial score (nSPS) is 12.2. The minimum Gasteiger partial charge on any atom is -0.465 e. The van der Waals surface area contributed by atoms with Crippen molar-refractivity contribution in [3.8, 4) is 0 Å². The van der Waals surface area contributed by atoms with E-state index in [1.807, 2.05) is 0 Å². The summed E-state index contributed by atoms with van der Waals surface area (Å²) in [6, 6.07) is 3.48. The van der Waals surface area contributed by atoms with E-state index in [-0.39, 0.29) is 6.61 Å². The molecule has 0 saturated carbocycles. The third-order valence-electron chi connectivity index (χ3n) is 2.45. The summed E-state index contributed by atoms with van der Waals surface area (Å²) in [4.78, 5) is 11.9. The fourth-order valence-corrected chi connectivity index (χ4v) is 2.06. The molecule has 1 aromatic carbocycles. The lowest BCUT2D eigenvalue weighted by molar-refractivity contribution is -0.145. The third-order valence-corrected chi connectivity index (χ3v) is 3.17. The van der Waals surface area contributed by atoms with Crippen LogP contribution in [-0.2, 0) is 14.3 Å². The molecule has 0 aromatic heterocycles. The van der Waals surface area contributed by atoms with Crippen molar-refractivity contribution >= 4 is 21.9 Å². The van der Waals surface area contributed by atoms with Gasteiger partial charge in [0.25, 0.3) is 0 Å². The Morgan fingerprint density at radius 3 is 2.89 bits per heavy atom. The second kappa shape index (κ2) is 8.24. The maximum absolute atomic E-state index is 13.3. The van der Waals surface area contributed by atoms with Gasteiger partial charge in [0.15, 0.2) is 0 Å². The molecule has 19 heavy (non-hydrogen) atoms. The molecule has 0 amide bonds. The zero-order chi connectivity index (χ0) is 14.3. The Morgan fingerprint density at radius 1 is 1.53 bits per heavy atom. The number of nitrogens with one attached hydrogen (secondary N) is 1. The van der Waals surface area contributed by atoms with Crippen LogP contribution >= 0.6 is 15.9 Å². The smallest absolute Gasteiger partial charge is 0.327 e. The van der Waals surface area contributed by atoms with E-state index >= 15 is 0 Å². The van der Waals surface area contributed by atoms with Crippen LogP contribution in [0.2, 0.25) is 0 Å². The van der Waals surface area contributed by atoms with Gasteiger partial charge in [0.1, 0.15) is 11.9 Å². The molecule has 1 unspecified atom stereocenters. The van der Waals surface area contributed by atoms with Crippen LogP contribution in [-0.4, -0.2) is 32.8 Å². The van der Waals surface area contributed by atoms with Gasteiger partial charge in [-0.3, -0.25) is 5.32 Å². The summed E-state index contributed by atoms with van der Waals surface area (Å²) in [5.41, 5.74) is 0.509. The van der Waals surface area contributed by atoms with Crippen molar-refractivity contribution in [2.24, 2.45) is 0 Å². The predicted octanol–water partition coefficient (Wildman–Crippen LogP) is 2.43. The van der Waals surface area contributed by atoms with Crippen LogP contribution in [0.25, 0.3) is 0 Å². The molecular formula is C13H17BrFNO3.